The van der Waals surface area contributed by atoms with Gasteiger partial charge in [-0.05, 0) is 41.3 Å². The number of carbonyl (C=O) groups excluding carboxylic acids is 3. The van der Waals surface area contributed by atoms with Crippen molar-refractivity contribution in [3.63, 3.8) is 0 Å². The number of benzene rings is 3. The van der Waals surface area contributed by atoms with Gasteiger partial charge in [0.1, 0.15) is 18.0 Å². The molecule has 1 aromatic heterocycles. The van der Waals surface area contributed by atoms with E-state index in [1.165, 1.54) is 11.3 Å². The number of urea groups is 1. The number of hydrazine groups is 1. The van der Waals surface area contributed by atoms with Crippen molar-refractivity contribution >= 4 is 44.5 Å². The monoisotopic (exact) mass is 627 g/mol. The number of amides is 4. The standard InChI is InChI=1S/C33H37N7O4S/c1-3-16-38(33(43)35-18-23-8-5-4-6-9-23)39-21-29(41)40-26(17-22-12-14-25(44-2)15-13-22)31(42)37(20-28(39)40)19-24-10-7-11-27-30(24)36-32(34)45-27/h4-15,26,28H,3,16-21H2,1-2H3,(H2,34,36)(H,35,43)/t26-,28+/m0/s1. The molecular formula is C33H37N7O4S. The Morgan fingerprint density at radius 2 is 1.84 bits per heavy atom. The average Bonchev–Trinajstić information content (AvgIpc) is 3.60. The summed E-state index contributed by atoms with van der Waals surface area (Å²) in [7, 11) is 1.61. The van der Waals surface area contributed by atoms with Gasteiger partial charge < -0.3 is 25.6 Å². The lowest BCUT2D eigenvalue weighted by molar-refractivity contribution is -0.157. The van der Waals surface area contributed by atoms with Gasteiger partial charge in [-0.15, -0.1) is 0 Å². The largest absolute Gasteiger partial charge is 0.497 e. The molecule has 3 heterocycles. The molecule has 3 aromatic carbocycles. The van der Waals surface area contributed by atoms with Crippen LogP contribution in [0.2, 0.25) is 0 Å². The number of methoxy groups -OCH3 is 1. The highest BCUT2D eigenvalue weighted by atomic mass is 32.1. The van der Waals surface area contributed by atoms with Gasteiger partial charge in [0.05, 0.1) is 30.4 Å². The molecule has 3 N–H and O–H groups in total. The van der Waals surface area contributed by atoms with Crippen molar-refractivity contribution in [1.82, 2.24) is 30.1 Å². The highest BCUT2D eigenvalue weighted by molar-refractivity contribution is 7.22. The topological polar surface area (TPSA) is 124 Å². The van der Waals surface area contributed by atoms with Gasteiger partial charge in [-0.1, -0.05) is 72.9 Å². The molecule has 2 saturated heterocycles. The molecule has 45 heavy (non-hydrogen) atoms. The maximum Gasteiger partial charge on any atom is 0.332 e. The zero-order valence-corrected chi connectivity index (χ0v) is 26.2. The Balaban J connectivity index is 1.31. The third kappa shape index (κ3) is 6.29. The number of nitrogen functional groups attached to an aromatic ring is 1. The van der Waals surface area contributed by atoms with Crippen LogP contribution in [0.1, 0.15) is 30.0 Å². The Hall–Kier alpha value is -4.68. The molecule has 234 valence electrons. The second-order valence-corrected chi connectivity index (χ2v) is 12.3. The van der Waals surface area contributed by atoms with E-state index in [9.17, 15) is 14.4 Å². The minimum atomic E-state index is -0.745. The van der Waals surface area contributed by atoms with Crippen molar-refractivity contribution in [1.29, 1.82) is 0 Å². The SMILES string of the molecule is CCCN(C(=O)NCc1ccccc1)N1CC(=O)N2[C@@H](Cc3ccc(OC)cc3)C(=O)N(Cc3cccc4sc(N)nc34)C[C@@H]21. The van der Waals surface area contributed by atoms with Crippen LogP contribution in [-0.2, 0) is 29.1 Å². The summed E-state index contributed by atoms with van der Waals surface area (Å²) in [5, 5.41) is 6.95. The highest BCUT2D eigenvalue weighted by Crippen LogP contribution is 2.32. The van der Waals surface area contributed by atoms with Crippen LogP contribution >= 0.6 is 11.3 Å². The molecular weight excluding hydrogens is 590 g/mol. The molecule has 2 atom stereocenters. The predicted molar refractivity (Wildman–Crippen MR) is 173 cm³/mol. The summed E-state index contributed by atoms with van der Waals surface area (Å²) in [6, 6.07) is 22.1. The van der Waals surface area contributed by atoms with Crippen molar-refractivity contribution in [2.75, 3.05) is 32.5 Å². The van der Waals surface area contributed by atoms with Crippen molar-refractivity contribution in [2.45, 2.75) is 45.1 Å². The van der Waals surface area contributed by atoms with Crippen LogP contribution in [0, 0.1) is 0 Å². The van der Waals surface area contributed by atoms with Gasteiger partial charge in [-0.2, -0.15) is 5.01 Å². The fourth-order valence-electron chi connectivity index (χ4n) is 6.15. The van der Waals surface area contributed by atoms with E-state index in [2.05, 4.69) is 10.3 Å². The van der Waals surface area contributed by atoms with Crippen LogP contribution in [0.15, 0.2) is 72.8 Å². The van der Waals surface area contributed by atoms with E-state index in [0.717, 1.165) is 26.9 Å². The Kier molecular flexibility index (Phi) is 8.85. The van der Waals surface area contributed by atoms with Crippen LogP contribution in [0.5, 0.6) is 5.75 Å². The summed E-state index contributed by atoms with van der Waals surface area (Å²) in [5.41, 5.74) is 9.56. The highest BCUT2D eigenvalue weighted by Gasteiger charge is 2.52. The number of thiazole rings is 1. The Bertz CT molecular complexity index is 1680. The summed E-state index contributed by atoms with van der Waals surface area (Å²) in [6.07, 6.45) is 0.505. The number of rotatable bonds is 10. The molecule has 2 aliphatic heterocycles. The lowest BCUT2D eigenvalue weighted by atomic mass is 9.99. The van der Waals surface area contributed by atoms with E-state index in [-0.39, 0.29) is 30.9 Å². The van der Waals surface area contributed by atoms with Crippen molar-refractivity contribution in [3.8, 4) is 5.75 Å². The molecule has 2 aliphatic rings. The van der Waals surface area contributed by atoms with Crippen LogP contribution in [-0.4, -0.2) is 81.6 Å². The number of anilines is 1. The Morgan fingerprint density at radius 1 is 1.07 bits per heavy atom. The van der Waals surface area contributed by atoms with Crippen molar-refractivity contribution < 1.29 is 19.1 Å². The fraction of sp³-hybridized carbons (Fsp3) is 0.333. The maximum absolute atomic E-state index is 14.2. The van der Waals surface area contributed by atoms with E-state index < -0.39 is 12.2 Å². The van der Waals surface area contributed by atoms with Crippen LogP contribution in [0.4, 0.5) is 9.93 Å². The van der Waals surface area contributed by atoms with E-state index in [1.807, 2.05) is 84.7 Å². The second kappa shape index (κ2) is 13.1. The number of hydrogen-bond donors (Lipinski definition) is 2. The third-order valence-electron chi connectivity index (χ3n) is 8.30. The number of para-hydroxylation sites is 1. The number of nitrogens with zero attached hydrogens (tertiary/aromatic N) is 5. The number of hydrogen-bond acceptors (Lipinski definition) is 8. The summed E-state index contributed by atoms with van der Waals surface area (Å²) >= 11 is 1.41. The number of nitrogens with two attached hydrogens (primary N) is 1. The molecule has 0 radical (unpaired) electrons. The Labute approximate surface area is 266 Å². The number of ether oxygens (including phenoxy) is 1. The third-order valence-corrected chi connectivity index (χ3v) is 9.15. The first-order valence-electron chi connectivity index (χ1n) is 15.1. The van der Waals surface area contributed by atoms with Crippen LogP contribution in [0.3, 0.4) is 0 Å². The summed E-state index contributed by atoms with van der Waals surface area (Å²) in [5.74, 6) is 0.384. The summed E-state index contributed by atoms with van der Waals surface area (Å²) < 4.78 is 6.27. The minimum absolute atomic E-state index is 0.00184. The zero-order chi connectivity index (χ0) is 31.5. The molecule has 6 rings (SSSR count). The molecule has 12 heteroatoms. The van der Waals surface area contributed by atoms with Gasteiger partial charge in [0.25, 0.3) is 0 Å². The second-order valence-electron chi connectivity index (χ2n) is 11.2. The van der Waals surface area contributed by atoms with Gasteiger partial charge in [0.15, 0.2) is 5.13 Å². The van der Waals surface area contributed by atoms with Crippen LogP contribution < -0.4 is 15.8 Å². The van der Waals surface area contributed by atoms with E-state index >= 15 is 0 Å². The smallest absolute Gasteiger partial charge is 0.332 e. The van der Waals surface area contributed by atoms with E-state index in [0.29, 0.717) is 43.4 Å². The molecule has 4 aromatic rings. The molecule has 0 spiro atoms. The number of aromatic nitrogens is 1. The van der Waals surface area contributed by atoms with Gasteiger partial charge >= 0.3 is 6.03 Å². The molecule has 0 bridgehead atoms. The van der Waals surface area contributed by atoms with Crippen molar-refractivity contribution in [2.24, 2.45) is 0 Å². The number of nitrogens with one attached hydrogen (secondary N) is 1. The first-order valence-corrected chi connectivity index (χ1v) is 15.9. The van der Waals surface area contributed by atoms with Crippen molar-refractivity contribution in [3.05, 3.63) is 89.5 Å². The number of carbonyl (C=O) groups is 3. The summed E-state index contributed by atoms with van der Waals surface area (Å²) in [4.78, 5) is 49.6. The quantitative estimate of drug-likeness (QED) is 0.274. The molecule has 0 saturated carbocycles. The van der Waals surface area contributed by atoms with Gasteiger partial charge in [0, 0.05) is 26.1 Å². The normalized spacial score (nSPS) is 18.4. The van der Waals surface area contributed by atoms with Gasteiger partial charge in [-0.25, -0.2) is 9.78 Å². The molecule has 4 amide bonds. The lowest BCUT2D eigenvalue weighted by Gasteiger charge is -2.46. The van der Waals surface area contributed by atoms with Gasteiger partial charge in [-0.3, -0.25) is 14.6 Å². The van der Waals surface area contributed by atoms with Gasteiger partial charge in [0.2, 0.25) is 11.8 Å². The van der Waals surface area contributed by atoms with E-state index in [1.54, 1.807) is 21.9 Å². The first kappa shape index (κ1) is 30.4. The lowest BCUT2D eigenvalue weighted by Crippen LogP contribution is -2.66. The van der Waals surface area contributed by atoms with Crippen LogP contribution in [0.25, 0.3) is 10.2 Å². The molecule has 11 nitrogen and oxygen atoms in total. The Morgan fingerprint density at radius 3 is 2.58 bits per heavy atom. The zero-order valence-electron chi connectivity index (χ0n) is 25.4. The molecule has 0 aliphatic carbocycles. The summed E-state index contributed by atoms with van der Waals surface area (Å²) in [6.45, 7) is 3.33. The first-order chi connectivity index (χ1) is 21.9. The molecule has 0 unspecified atom stereocenters. The average molecular weight is 628 g/mol. The number of fused-ring (bicyclic) bond motifs is 2. The maximum atomic E-state index is 14.2. The minimum Gasteiger partial charge on any atom is -0.497 e. The predicted octanol–water partition coefficient (Wildman–Crippen LogP) is 3.85. The van der Waals surface area contributed by atoms with E-state index in [4.69, 9.17) is 10.5 Å². The molecule has 2 fully saturated rings. The number of piperazine rings is 1. The fourth-order valence-corrected chi connectivity index (χ4v) is 6.94.